The van der Waals surface area contributed by atoms with Gasteiger partial charge in [-0.15, -0.1) is 0 Å². The van der Waals surface area contributed by atoms with E-state index in [-0.39, 0.29) is 0 Å². The molecule has 8 heteroatoms. The highest BCUT2D eigenvalue weighted by atomic mass is 15.3. The molecule has 0 amide bonds. The van der Waals surface area contributed by atoms with E-state index in [0.29, 0.717) is 6.54 Å². The molecule has 122 valence electrons. The maximum Gasteiger partial charge on any atom is 0.153 e. The Hall–Kier alpha value is -2.61. The van der Waals surface area contributed by atoms with Crippen molar-refractivity contribution >= 4 is 30.6 Å². The molecule has 0 aromatic carbocycles. The van der Waals surface area contributed by atoms with Gasteiger partial charge in [0.05, 0.1) is 0 Å². The summed E-state index contributed by atoms with van der Waals surface area (Å²) in [5.41, 5.74) is 3.12. The summed E-state index contributed by atoms with van der Waals surface area (Å²) in [6.07, 6.45) is 5.52. The Bertz CT molecular complexity index is 827. The normalized spacial score (nSPS) is 14.9. The second-order valence-corrected chi connectivity index (χ2v) is 6.01. The van der Waals surface area contributed by atoms with Gasteiger partial charge in [0, 0.05) is 57.4 Å². The van der Waals surface area contributed by atoms with E-state index in [1.165, 1.54) is 0 Å². The second-order valence-electron chi connectivity index (χ2n) is 6.01. The summed E-state index contributed by atoms with van der Waals surface area (Å²) in [4.78, 5) is 11.3. The fourth-order valence-corrected chi connectivity index (χ4v) is 2.94. The van der Waals surface area contributed by atoms with Crippen LogP contribution in [0.25, 0.3) is 5.65 Å². The third-order valence-corrected chi connectivity index (χ3v) is 4.27. The molecule has 0 aliphatic carbocycles. The van der Waals surface area contributed by atoms with Crippen LogP contribution in [0, 0.1) is 0 Å². The van der Waals surface area contributed by atoms with E-state index in [9.17, 15) is 0 Å². The summed E-state index contributed by atoms with van der Waals surface area (Å²) in [7, 11) is 2.04. The number of aromatic nitrogens is 4. The van der Waals surface area contributed by atoms with Crippen molar-refractivity contribution in [1.29, 1.82) is 0 Å². The molecule has 2 N–H and O–H groups in total. The highest BCUT2D eigenvalue weighted by molar-refractivity contribution is 6.36. The van der Waals surface area contributed by atoms with Crippen molar-refractivity contribution in [3.05, 3.63) is 42.4 Å². The minimum absolute atomic E-state index is 0.701. The lowest BCUT2D eigenvalue weighted by Crippen LogP contribution is -2.44. The molecule has 0 atom stereocenters. The van der Waals surface area contributed by atoms with E-state index in [0.717, 1.165) is 54.5 Å². The average Bonchev–Trinajstić information content (AvgIpc) is 3.02. The number of piperazine rings is 1. The molecule has 24 heavy (non-hydrogen) atoms. The predicted molar refractivity (Wildman–Crippen MR) is 97.8 cm³/mol. The third kappa shape index (κ3) is 2.92. The average molecular weight is 321 g/mol. The zero-order valence-electron chi connectivity index (χ0n) is 13.7. The maximum atomic E-state index is 4.82. The van der Waals surface area contributed by atoms with E-state index in [1.807, 2.05) is 30.8 Å². The van der Waals surface area contributed by atoms with Gasteiger partial charge >= 0.3 is 0 Å². The molecule has 0 spiro atoms. The summed E-state index contributed by atoms with van der Waals surface area (Å²) >= 11 is 0. The molecule has 4 rings (SSSR count). The topological polar surface area (TPSA) is 70.4 Å². The monoisotopic (exact) mass is 321 g/mol. The van der Waals surface area contributed by atoms with Gasteiger partial charge in [0.15, 0.2) is 5.65 Å². The van der Waals surface area contributed by atoms with Crippen molar-refractivity contribution in [2.24, 2.45) is 0 Å². The van der Waals surface area contributed by atoms with Gasteiger partial charge in [-0.3, -0.25) is 4.98 Å². The Balaban J connectivity index is 1.67. The molecule has 0 unspecified atom stereocenters. The largest absolute Gasteiger partial charge is 0.366 e. The van der Waals surface area contributed by atoms with Crippen LogP contribution in [0.2, 0.25) is 0 Å². The van der Waals surface area contributed by atoms with Gasteiger partial charge in [-0.25, -0.2) is 4.98 Å². The lowest BCUT2D eigenvalue weighted by Gasteiger charge is -2.28. The molecule has 0 radical (unpaired) electrons. The van der Waals surface area contributed by atoms with Crippen molar-refractivity contribution in [3.63, 3.8) is 0 Å². The molecule has 3 aromatic heterocycles. The van der Waals surface area contributed by atoms with Crippen LogP contribution in [0.5, 0.6) is 0 Å². The summed E-state index contributed by atoms with van der Waals surface area (Å²) in [6, 6.07) is 6.09. The molecule has 0 bridgehead atoms. The van der Waals surface area contributed by atoms with Gasteiger partial charge in [-0.2, -0.15) is 9.61 Å². The molecule has 1 fully saturated rings. The number of hydrogen-bond acceptors (Lipinski definition) is 6. The lowest BCUT2D eigenvalue weighted by molar-refractivity contribution is 0.585. The van der Waals surface area contributed by atoms with Crippen molar-refractivity contribution in [2.75, 3.05) is 36.4 Å². The van der Waals surface area contributed by atoms with Gasteiger partial charge in [0.2, 0.25) is 0 Å². The SMILES string of the molecule is Bc1cnn2c(NCc3cccnc3)cc(N3CCNCC3)nc12. The van der Waals surface area contributed by atoms with Crippen molar-refractivity contribution < 1.29 is 0 Å². The van der Waals surface area contributed by atoms with Crippen LogP contribution >= 0.6 is 0 Å². The number of nitrogens with zero attached hydrogens (tertiary/aromatic N) is 5. The Morgan fingerprint density at radius 1 is 1.25 bits per heavy atom. The van der Waals surface area contributed by atoms with Crippen molar-refractivity contribution in [1.82, 2.24) is 24.9 Å². The zero-order chi connectivity index (χ0) is 16.4. The van der Waals surface area contributed by atoms with Crippen LogP contribution in [0.1, 0.15) is 5.56 Å². The Labute approximate surface area is 141 Å². The summed E-state index contributed by atoms with van der Waals surface area (Å²) in [5.74, 6) is 1.95. The highest BCUT2D eigenvalue weighted by Gasteiger charge is 2.16. The number of pyridine rings is 1. The summed E-state index contributed by atoms with van der Waals surface area (Å²) in [5, 5.41) is 11.3. The van der Waals surface area contributed by atoms with Gasteiger partial charge < -0.3 is 15.5 Å². The first kappa shape index (κ1) is 15.0. The van der Waals surface area contributed by atoms with Crippen LogP contribution in [-0.4, -0.2) is 53.6 Å². The summed E-state index contributed by atoms with van der Waals surface area (Å²) in [6.45, 7) is 4.62. The van der Waals surface area contributed by atoms with E-state index in [1.54, 1.807) is 6.20 Å². The Morgan fingerprint density at radius 3 is 2.92 bits per heavy atom. The van der Waals surface area contributed by atoms with Crippen LogP contribution in [0.3, 0.4) is 0 Å². The molecule has 3 aromatic rings. The zero-order valence-corrected chi connectivity index (χ0v) is 13.7. The van der Waals surface area contributed by atoms with Crippen LogP contribution in [0.4, 0.5) is 11.6 Å². The number of anilines is 2. The van der Waals surface area contributed by atoms with Crippen molar-refractivity contribution in [3.8, 4) is 0 Å². The van der Waals surface area contributed by atoms with E-state index >= 15 is 0 Å². The molecule has 1 aliphatic heterocycles. The Morgan fingerprint density at radius 2 is 2.12 bits per heavy atom. The van der Waals surface area contributed by atoms with E-state index in [4.69, 9.17) is 4.98 Å². The minimum atomic E-state index is 0.701. The van der Waals surface area contributed by atoms with Crippen LogP contribution in [0.15, 0.2) is 36.8 Å². The molecule has 7 nitrogen and oxygen atoms in total. The first-order valence-electron chi connectivity index (χ1n) is 8.25. The first-order valence-corrected chi connectivity index (χ1v) is 8.25. The van der Waals surface area contributed by atoms with E-state index in [2.05, 4.69) is 37.7 Å². The smallest absolute Gasteiger partial charge is 0.153 e. The summed E-state index contributed by atoms with van der Waals surface area (Å²) < 4.78 is 1.87. The van der Waals surface area contributed by atoms with Crippen LogP contribution < -0.4 is 21.0 Å². The van der Waals surface area contributed by atoms with Gasteiger partial charge in [0.25, 0.3) is 0 Å². The number of rotatable bonds is 4. The Kier molecular flexibility index (Phi) is 4.04. The molecular weight excluding hydrogens is 301 g/mol. The maximum absolute atomic E-state index is 4.82. The third-order valence-electron chi connectivity index (χ3n) is 4.27. The highest BCUT2D eigenvalue weighted by Crippen LogP contribution is 2.19. The van der Waals surface area contributed by atoms with Gasteiger partial charge in [-0.05, 0) is 17.1 Å². The first-order chi connectivity index (χ1) is 11.8. The fraction of sp³-hybridized carbons (Fsp3) is 0.312. The van der Waals surface area contributed by atoms with Gasteiger partial charge in [-0.1, -0.05) is 6.07 Å². The number of hydrogen-bond donors (Lipinski definition) is 2. The predicted octanol–water partition coefficient (Wildman–Crippen LogP) is -0.596. The number of nitrogens with one attached hydrogen (secondary N) is 2. The molecule has 1 aliphatic rings. The van der Waals surface area contributed by atoms with Crippen LogP contribution in [-0.2, 0) is 6.54 Å². The van der Waals surface area contributed by atoms with E-state index < -0.39 is 0 Å². The lowest BCUT2D eigenvalue weighted by atomic mass is 10.0. The molecule has 0 saturated carbocycles. The second kappa shape index (κ2) is 6.49. The molecule has 1 saturated heterocycles. The fourth-order valence-electron chi connectivity index (χ4n) is 2.94. The quantitative estimate of drug-likeness (QED) is 0.626. The van der Waals surface area contributed by atoms with Gasteiger partial charge in [0.1, 0.15) is 19.5 Å². The van der Waals surface area contributed by atoms with Crippen molar-refractivity contribution in [2.45, 2.75) is 6.54 Å². The molecular formula is C16H20BN7. The molecule has 4 heterocycles. The standard InChI is InChI=1S/C16H20BN7/c17-13-11-21-24-14(20-10-12-2-1-3-19-9-12)8-15(22-16(13)24)23-6-4-18-5-7-23/h1-3,8-9,11,18,20H,4-7,10,17H2. The minimum Gasteiger partial charge on any atom is -0.366 e. The number of fused-ring (bicyclic) bond motifs is 1.